The van der Waals surface area contributed by atoms with E-state index in [1.807, 2.05) is 0 Å². The third-order valence-electron chi connectivity index (χ3n) is 10.5. The SMILES string of the molecule is CCCc1ccc(C[NH+](CC)CC)c(CCC)c1.Fc1c(F)c(F)c([B-](c2c(F)c(F)c(F)c(F)c2F)(c2c(F)c(F)c(F)c(F)c2F)c2c(F)c(F)c(F)c(F)c2F)c(F)c1F. The number of aryl methyl sites for hydroxylation is 2. The highest BCUT2D eigenvalue weighted by atomic mass is 19.2. The lowest BCUT2D eigenvalue weighted by molar-refractivity contribution is -0.910. The molecule has 0 radical (unpaired) electrons. The predicted octanol–water partition coefficient (Wildman–Crippen LogP) is 8.86. The molecule has 0 aliphatic rings. The Hall–Kier alpha value is -5.28. The van der Waals surface area contributed by atoms with Crippen LogP contribution < -0.4 is 26.8 Å². The van der Waals surface area contributed by atoms with E-state index in [1.54, 1.807) is 16.0 Å². The van der Waals surface area contributed by atoms with Gasteiger partial charge in [0.15, 0.2) is 69.8 Å². The summed E-state index contributed by atoms with van der Waals surface area (Å²) in [6, 6.07) is 7.16. The van der Waals surface area contributed by atoms with Crippen LogP contribution >= 0.6 is 0 Å². The van der Waals surface area contributed by atoms with Crippen molar-refractivity contribution in [2.75, 3.05) is 13.1 Å². The Balaban J connectivity index is 0.000000405. The van der Waals surface area contributed by atoms with E-state index in [0.29, 0.717) is 0 Å². The van der Waals surface area contributed by atoms with E-state index in [0.717, 1.165) is 0 Å². The number of nitrogens with one attached hydrogen (secondary N) is 1. The fraction of sp³-hybridized carbons (Fsp3) is 0.268. The van der Waals surface area contributed by atoms with E-state index in [-0.39, 0.29) is 0 Å². The van der Waals surface area contributed by atoms with Crippen molar-refractivity contribution in [3.8, 4) is 0 Å². The van der Waals surface area contributed by atoms with Crippen LogP contribution in [0.5, 0.6) is 0 Å². The van der Waals surface area contributed by atoms with Gasteiger partial charge < -0.3 is 4.90 Å². The second-order valence-corrected chi connectivity index (χ2v) is 14.0. The first kappa shape index (κ1) is 50.4. The first-order chi connectivity index (χ1) is 29.4. The summed E-state index contributed by atoms with van der Waals surface area (Å²) in [7, 11) is 0. The van der Waals surface area contributed by atoms with Gasteiger partial charge in [-0.05, 0) is 37.8 Å². The monoisotopic (exact) mass is 927 g/mol. The molecule has 5 rings (SSSR count). The normalized spacial score (nSPS) is 11.8. The summed E-state index contributed by atoms with van der Waals surface area (Å²) in [5.41, 5.74) is -9.67. The molecule has 0 saturated carbocycles. The third-order valence-corrected chi connectivity index (χ3v) is 10.5. The van der Waals surface area contributed by atoms with Crippen molar-refractivity contribution in [2.24, 2.45) is 0 Å². The molecule has 0 bridgehead atoms. The molecule has 0 heterocycles. The van der Waals surface area contributed by atoms with E-state index in [2.05, 4.69) is 45.9 Å². The predicted molar refractivity (Wildman–Crippen MR) is 189 cm³/mol. The van der Waals surface area contributed by atoms with E-state index in [9.17, 15) is 52.7 Å². The molecule has 5 aromatic carbocycles. The molecule has 0 aromatic heterocycles. The smallest absolute Gasteiger partial charge is 0.200 e. The van der Waals surface area contributed by atoms with Crippen LogP contribution in [-0.2, 0) is 19.4 Å². The van der Waals surface area contributed by atoms with Crippen molar-refractivity contribution in [3.63, 3.8) is 0 Å². The molecule has 1 N–H and O–H groups in total. The quantitative estimate of drug-likeness (QED) is 0.0553. The summed E-state index contributed by atoms with van der Waals surface area (Å²) in [6.45, 7) is 12.7. The Labute approximate surface area is 344 Å². The largest absolute Gasteiger partial charge is 0.332 e. The number of rotatable bonds is 12. The van der Waals surface area contributed by atoms with Crippen LogP contribution in [-0.4, -0.2) is 19.2 Å². The van der Waals surface area contributed by atoms with Crippen LogP contribution in [0.25, 0.3) is 0 Å². The fourth-order valence-corrected chi connectivity index (χ4v) is 7.44. The van der Waals surface area contributed by atoms with Gasteiger partial charge in [0, 0.05) is 5.56 Å². The highest BCUT2D eigenvalue weighted by molar-refractivity contribution is 7.20. The minimum atomic E-state index is -7.22. The Kier molecular flexibility index (Phi) is 15.7. The molecule has 0 fully saturated rings. The zero-order valence-electron chi connectivity index (χ0n) is 32.8. The van der Waals surface area contributed by atoms with E-state index in [1.165, 1.54) is 50.9 Å². The lowest BCUT2D eigenvalue weighted by Crippen LogP contribution is -3.10. The highest BCUT2D eigenvalue weighted by Crippen LogP contribution is 2.31. The number of quaternary nitrogens is 1. The van der Waals surface area contributed by atoms with Gasteiger partial charge in [0.2, 0.25) is 0 Å². The Morgan fingerprint density at radius 3 is 0.825 bits per heavy atom. The zero-order chi connectivity index (χ0) is 47.7. The zero-order valence-corrected chi connectivity index (χ0v) is 32.8. The molecule has 0 saturated heterocycles. The van der Waals surface area contributed by atoms with Crippen LogP contribution in [0.15, 0.2) is 18.2 Å². The number of halogens is 20. The maximum absolute atomic E-state index is 15.4. The lowest BCUT2D eigenvalue weighted by atomic mass is 9.12. The molecule has 0 spiro atoms. The number of hydrogen-bond acceptors (Lipinski definition) is 0. The second-order valence-electron chi connectivity index (χ2n) is 14.0. The van der Waals surface area contributed by atoms with E-state index in [4.69, 9.17) is 0 Å². The molecule has 0 unspecified atom stereocenters. The van der Waals surface area contributed by atoms with Gasteiger partial charge in [-0.1, -0.05) is 44.9 Å². The molecule has 22 heteroatoms. The van der Waals surface area contributed by atoms with Gasteiger partial charge in [0.1, 0.15) is 59.2 Å². The molecule has 0 amide bonds. The fourth-order valence-electron chi connectivity index (χ4n) is 7.44. The minimum absolute atomic E-state index is 1.19. The molecule has 0 aliphatic carbocycles. The van der Waals surface area contributed by atoms with Crippen LogP contribution in [0.3, 0.4) is 0 Å². The first-order valence-electron chi connectivity index (χ1n) is 18.6. The molecule has 342 valence electrons. The lowest BCUT2D eigenvalue weighted by Gasteiger charge is -2.44. The third kappa shape index (κ3) is 8.46. The highest BCUT2D eigenvalue weighted by Gasteiger charge is 2.52. The van der Waals surface area contributed by atoms with Crippen molar-refractivity contribution >= 4 is 28.0 Å². The van der Waals surface area contributed by atoms with Crippen LogP contribution in [0, 0.1) is 116 Å². The summed E-state index contributed by atoms with van der Waals surface area (Å²) in [5, 5.41) is 0. The van der Waals surface area contributed by atoms with Crippen molar-refractivity contribution in [1.82, 2.24) is 0 Å². The van der Waals surface area contributed by atoms with Crippen molar-refractivity contribution < 1.29 is 92.7 Å². The molecule has 1 nitrogen and oxygen atoms in total. The topological polar surface area (TPSA) is 4.44 Å². The van der Waals surface area contributed by atoms with Crippen molar-refractivity contribution in [2.45, 2.75) is 59.9 Å². The summed E-state index contributed by atoms with van der Waals surface area (Å²) in [5.74, 6) is -71.4. The Morgan fingerprint density at radius 2 is 0.587 bits per heavy atom. The van der Waals surface area contributed by atoms with E-state index < -0.39 is 144 Å². The Morgan fingerprint density at radius 1 is 0.333 bits per heavy atom. The molecule has 0 aliphatic heterocycles. The average molecular weight is 927 g/mol. The van der Waals surface area contributed by atoms with Gasteiger partial charge >= 0.3 is 0 Å². The maximum Gasteiger partial charge on any atom is 0.200 e. The van der Waals surface area contributed by atoms with Crippen molar-refractivity contribution in [3.05, 3.63) is 151 Å². The molecular weight excluding hydrogens is 897 g/mol. The first-order valence-corrected chi connectivity index (χ1v) is 18.6. The summed E-state index contributed by atoms with van der Waals surface area (Å²) in [4.78, 5) is 1.68. The second kappa shape index (κ2) is 19.6. The summed E-state index contributed by atoms with van der Waals surface area (Å²) in [6.07, 6.45) is -2.28. The number of hydrogen-bond donors (Lipinski definition) is 1. The van der Waals surface area contributed by atoms with Crippen LogP contribution in [0.2, 0.25) is 0 Å². The molecule has 63 heavy (non-hydrogen) atoms. The van der Waals surface area contributed by atoms with Crippen molar-refractivity contribution in [1.29, 1.82) is 0 Å². The van der Waals surface area contributed by atoms with Gasteiger partial charge in [-0.3, -0.25) is 0 Å². The van der Waals surface area contributed by atoms with Gasteiger partial charge in [-0.2, -0.15) is 0 Å². The molecule has 0 atom stereocenters. The molecular formula is C41H30BF20N. The number of benzene rings is 5. The maximum atomic E-state index is 15.4. The van der Waals surface area contributed by atoms with E-state index >= 15 is 35.1 Å². The van der Waals surface area contributed by atoms with Crippen LogP contribution in [0.4, 0.5) is 87.8 Å². The standard InChI is InChI=1S/C24BF20.C17H29N/c26-5-1(6(27)14(35)21(42)13(5)34)25(2-7(28)15(36)22(43)16(37)8(2)29,3-9(30)17(38)23(44)18(39)10(3)31)4-11(32)19(40)24(45)20(41)12(4)33;1-5-9-15-11-12-17(14-18(7-3)8-4)16(13-15)10-6-2/h;11-13H,5-10,14H2,1-4H3/q-1;/p+1. The summed E-state index contributed by atoms with van der Waals surface area (Å²) >= 11 is 0. The van der Waals surface area contributed by atoms with Gasteiger partial charge in [-0.25, -0.2) is 87.8 Å². The van der Waals surface area contributed by atoms with Gasteiger partial charge in [0.05, 0.1) is 13.1 Å². The summed E-state index contributed by atoms with van der Waals surface area (Å²) < 4.78 is 294. The van der Waals surface area contributed by atoms with Gasteiger partial charge in [-0.15, -0.1) is 21.9 Å². The minimum Gasteiger partial charge on any atom is -0.332 e. The molecule has 5 aromatic rings. The van der Waals surface area contributed by atoms with Crippen LogP contribution in [0.1, 0.15) is 57.2 Å². The Bertz CT molecular complexity index is 2170. The average Bonchev–Trinajstić information content (AvgIpc) is 3.26. The van der Waals surface area contributed by atoms with Gasteiger partial charge in [0.25, 0.3) is 0 Å².